The molecule has 1 amide bonds. The van der Waals surface area contributed by atoms with Crippen LogP contribution in [0.4, 0.5) is 0 Å². The van der Waals surface area contributed by atoms with Crippen molar-refractivity contribution in [2.24, 2.45) is 0 Å². The average Bonchev–Trinajstić information content (AvgIpc) is 3.12. The van der Waals surface area contributed by atoms with Crippen molar-refractivity contribution < 1.29 is 9.32 Å². The zero-order chi connectivity index (χ0) is 17.5. The van der Waals surface area contributed by atoms with E-state index in [1.807, 2.05) is 46.1 Å². The third-order valence-electron chi connectivity index (χ3n) is 5.14. The molecule has 2 aliphatic rings. The lowest BCUT2D eigenvalue weighted by atomic mass is 10.1. The number of aromatic nitrogens is 4. The van der Waals surface area contributed by atoms with Gasteiger partial charge < -0.3 is 9.42 Å². The van der Waals surface area contributed by atoms with Gasteiger partial charge in [0.05, 0.1) is 11.7 Å². The first-order valence-corrected chi connectivity index (χ1v) is 9.01. The largest absolute Gasteiger partial charge is 0.355 e. The molecule has 2 aromatic heterocycles. The molecule has 1 aromatic carbocycles. The van der Waals surface area contributed by atoms with Gasteiger partial charge in [-0.15, -0.1) is 5.10 Å². The van der Waals surface area contributed by atoms with Crippen molar-refractivity contribution in [3.05, 3.63) is 54.0 Å². The highest BCUT2D eigenvalue weighted by Crippen LogP contribution is 2.39. The van der Waals surface area contributed by atoms with Crippen LogP contribution in [-0.2, 0) is 0 Å². The molecule has 3 aromatic rings. The second-order valence-electron chi connectivity index (χ2n) is 7.03. The highest BCUT2D eigenvalue weighted by Gasteiger charge is 2.32. The molecular formula is C19H19N5O2. The van der Waals surface area contributed by atoms with Crippen LogP contribution in [0.1, 0.15) is 47.4 Å². The van der Waals surface area contributed by atoms with Crippen LogP contribution in [-0.4, -0.2) is 44.0 Å². The molecule has 0 N–H and O–H groups in total. The summed E-state index contributed by atoms with van der Waals surface area (Å²) in [5, 5.41) is 12.5. The van der Waals surface area contributed by atoms with Crippen LogP contribution < -0.4 is 0 Å². The molecule has 1 atom stereocenters. The maximum Gasteiger partial charge on any atom is 0.276 e. The molecule has 1 unspecified atom stereocenters. The summed E-state index contributed by atoms with van der Waals surface area (Å²) in [5.74, 6) is 1.10. The standard InChI is InChI=1S/C19H19N5O2/c25-19(16-10-18(26-21-16)14-4-2-1-3-5-14)23-9-8-15(11-23)24-12-17(20-22-24)13-6-7-13/h1-5,10,12-13,15H,6-9,11H2. The van der Waals surface area contributed by atoms with E-state index >= 15 is 0 Å². The third kappa shape index (κ3) is 2.79. The molecular weight excluding hydrogens is 330 g/mol. The first-order valence-electron chi connectivity index (χ1n) is 9.01. The Kier molecular flexibility index (Phi) is 3.58. The van der Waals surface area contributed by atoms with Crippen molar-refractivity contribution in [1.82, 2.24) is 25.1 Å². The van der Waals surface area contributed by atoms with Crippen LogP contribution in [0.25, 0.3) is 11.3 Å². The monoisotopic (exact) mass is 349 g/mol. The van der Waals surface area contributed by atoms with Gasteiger partial charge in [-0.2, -0.15) is 0 Å². The third-order valence-corrected chi connectivity index (χ3v) is 5.14. The van der Waals surface area contributed by atoms with Crippen molar-refractivity contribution in [2.45, 2.75) is 31.2 Å². The smallest absolute Gasteiger partial charge is 0.276 e. The van der Waals surface area contributed by atoms with Crippen molar-refractivity contribution in [3.8, 4) is 11.3 Å². The molecule has 1 saturated carbocycles. The number of likely N-dealkylation sites (tertiary alicyclic amines) is 1. The van der Waals surface area contributed by atoms with Crippen LogP contribution >= 0.6 is 0 Å². The fourth-order valence-corrected chi connectivity index (χ4v) is 3.45. The van der Waals surface area contributed by atoms with Crippen molar-refractivity contribution >= 4 is 5.91 Å². The minimum atomic E-state index is -0.0963. The molecule has 7 nitrogen and oxygen atoms in total. The van der Waals surface area contributed by atoms with Crippen molar-refractivity contribution in [1.29, 1.82) is 0 Å². The molecule has 1 aliphatic heterocycles. The van der Waals surface area contributed by atoms with Gasteiger partial charge >= 0.3 is 0 Å². The topological polar surface area (TPSA) is 77.0 Å². The Hall–Kier alpha value is -2.96. The summed E-state index contributed by atoms with van der Waals surface area (Å²) in [6.45, 7) is 1.31. The molecule has 5 rings (SSSR count). The van der Waals surface area contributed by atoms with E-state index in [1.165, 1.54) is 12.8 Å². The van der Waals surface area contributed by atoms with Gasteiger partial charge in [0.15, 0.2) is 11.5 Å². The van der Waals surface area contributed by atoms with E-state index in [4.69, 9.17) is 4.52 Å². The Balaban J connectivity index is 1.28. The van der Waals surface area contributed by atoms with Gasteiger partial charge in [0, 0.05) is 36.8 Å². The molecule has 26 heavy (non-hydrogen) atoms. The number of carbonyl (C=O) groups excluding carboxylic acids is 1. The zero-order valence-electron chi connectivity index (χ0n) is 14.3. The van der Waals surface area contributed by atoms with E-state index in [0.717, 1.165) is 17.7 Å². The van der Waals surface area contributed by atoms with E-state index < -0.39 is 0 Å². The van der Waals surface area contributed by atoms with E-state index in [9.17, 15) is 4.79 Å². The Bertz CT molecular complexity index is 928. The van der Waals surface area contributed by atoms with Crippen LogP contribution in [0.15, 0.2) is 47.1 Å². The van der Waals surface area contributed by atoms with E-state index in [0.29, 0.717) is 30.5 Å². The number of amides is 1. The average molecular weight is 349 g/mol. The lowest BCUT2D eigenvalue weighted by molar-refractivity contribution is 0.0776. The molecule has 1 saturated heterocycles. The molecule has 132 valence electrons. The number of hydrogen-bond acceptors (Lipinski definition) is 5. The molecule has 0 spiro atoms. The fourth-order valence-electron chi connectivity index (χ4n) is 3.45. The normalized spacial score (nSPS) is 19.8. The SMILES string of the molecule is O=C(c1cc(-c2ccccc2)on1)N1CCC(n2cc(C3CC3)nn2)C1. The highest BCUT2D eigenvalue weighted by atomic mass is 16.5. The molecule has 0 radical (unpaired) electrons. The number of nitrogens with zero attached hydrogens (tertiary/aromatic N) is 5. The Morgan fingerprint density at radius 3 is 2.81 bits per heavy atom. The summed E-state index contributed by atoms with van der Waals surface area (Å²) in [4.78, 5) is 14.6. The summed E-state index contributed by atoms with van der Waals surface area (Å²) in [6, 6.07) is 11.6. The number of benzene rings is 1. The first-order chi connectivity index (χ1) is 12.8. The second-order valence-corrected chi connectivity index (χ2v) is 7.03. The van der Waals surface area contributed by atoms with E-state index in [1.54, 1.807) is 6.07 Å². The molecule has 7 heteroatoms. The van der Waals surface area contributed by atoms with E-state index in [2.05, 4.69) is 15.5 Å². The quantitative estimate of drug-likeness (QED) is 0.724. The van der Waals surface area contributed by atoms with Gasteiger partial charge in [-0.1, -0.05) is 40.7 Å². The lowest BCUT2D eigenvalue weighted by Crippen LogP contribution is -2.29. The summed E-state index contributed by atoms with van der Waals surface area (Å²) < 4.78 is 7.27. The number of rotatable bonds is 4. The van der Waals surface area contributed by atoms with Crippen LogP contribution in [0.3, 0.4) is 0 Å². The van der Waals surface area contributed by atoms with Crippen LogP contribution in [0.5, 0.6) is 0 Å². The molecule has 1 aliphatic carbocycles. The molecule has 3 heterocycles. The maximum absolute atomic E-state index is 12.8. The minimum absolute atomic E-state index is 0.0963. The van der Waals surface area contributed by atoms with Crippen LogP contribution in [0, 0.1) is 0 Å². The second kappa shape index (κ2) is 6.09. The van der Waals surface area contributed by atoms with Gasteiger partial charge in [-0.3, -0.25) is 4.79 Å². The lowest BCUT2D eigenvalue weighted by Gasteiger charge is -2.14. The Morgan fingerprint density at radius 2 is 2.00 bits per heavy atom. The van der Waals surface area contributed by atoms with Crippen molar-refractivity contribution in [3.63, 3.8) is 0 Å². The Labute approximate surface area is 150 Å². The summed E-state index contributed by atoms with van der Waals surface area (Å²) in [7, 11) is 0. The minimum Gasteiger partial charge on any atom is -0.355 e. The zero-order valence-corrected chi connectivity index (χ0v) is 14.3. The number of carbonyl (C=O) groups is 1. The van der Waals surface area contributed by atoms with Gasteiger partial charge in [-0.25, -0.2) is 4.68 Å². The van der Waals surface area contributed by atoms with Gasteiger partial charge in [-0.05, 0) is 19.3 Å². The van der Waals surface area contributed by atoms with Gasteiger partial charge in [0.25, 0.3) is 5.91 Å². The van der Waals surface area contributed by atoms with Gasteiger partial charge in [0.1, 0.15) is 0 Å². The molecule has 0 bridgehead atoms. The predicted molar refractivity (Wildman–Crippen MR) is 93.5 cm³/mol. The first kappa shape index (κ1) is 15.3. The fraction of sp³-hybridized carbons (Fsp3) is 0.368. The Morgan fingerprint density at radius 1 is 1.15 bits per heavy atom. The summed E-state index contributed by atoms with van der Waals surface area (Å²) in [6.07, 6.45) is 5.34. The predicted octanol–water partition coefficient (Wildman–Crippen LogP) is 2.90. The highest BCUT2D eigenvalue weighted by molar-refractivity contribution is 5.93. The van der Waals surface area contributed by atoms with Crippen molar-refractivity contribution in [2.75, 3.05) is 13.1 Å². The maximum atomic E-state index is 12.8. The van der Waals surface area contributed by atoms with E-state index in [-0.39, 0.29) is 11.9 Å². The van der Waals surface area contributed by atoms with Crippen LogP contribution in [0.2, 0.25) is 0 Å². The number of hydrogen-bond donors (Lipinski definition) is 0. The summed E-state index contributed by atoms with van der Waals surface area (Å²) in [5.41, 5.74) is 2.34. The van der Waals surface area contributed by atoms with Gasteiger partial charge in [0.2, 0.25) is 0 Å². The molecule has 2 fully saturated rings. The summed E-state index contributed by atoms with van der Waals surface area (Å²) >= 11 is 0.